The van der Waals surface area contributed by atoms with Gasteiger partial charge in [-0.05, 0) is 6.42 Å². The Balaban J connectivity index is 2.14. The summed E-state index contributed by atoms with van der Waals surface area (Å²) in [6.45, 7) is 1.98. The average Bonchev–Trinajstić information content (AvgIpc) is 2.99. The Morgan fingerprint density at radius 1 is 1.08 bits per heavy atom. The van der Waals surface area contributed by atoms with Crippen LogP contribution in [0.4, 0.5) is 0 Å². The molecule has 140 valence electrons. The highest BCUT2D eigenvalue weighted by Crippen LogP contribution is 2.15. The number of nitrogens with zero attached hydrogens (tertiary/aromatic N) is 4. The zero-order valence-corrected chi connectivity index (χ0v) is 15.6. The normalized spacial score (nSPS) is 12.8. The number of aliphatic hydroxyl groups is 1. The summed E-state index contributed by atoms with van der Waals surface area (Å²) in [6, 6.07) is -0.485. The standard InChI is InChI=1S/C18H30N4O3/c1-4-5-6-7-8-9-10-11-14(12-23)22-17(24)15-16(19-13-20(15)2)21(3)18(22)25/h13-14,23H,4-12H2,1-3H3. The predicted molar refractivity (Wildman–Crippen MR) is 98.9 cm³/mol. The van der Waals surface area contributed by atoms with Gasteiger partial charge in [0.05, 0.1) is 19.0 Å². The van der Waals surface area contributed by atoms with E-state index in [2.05, 4.69) is 11.9 Å². The van der Waals surface area contributed by atoms with Gasteiger partial charge in [0.2, 0.25) is 0 Å². The van der Waals surface area contributed by atoms with Crippen LogP contribution in [0.5, 0.6) is 0 Å². The van der Waals surface area contributed by atoms with Gasteiger partial charge >= 0.3 is 5.69 Å². The number of aryl methyl sites for hydroxylation is 2. The van der Waals surface area contributed by atoms with Crippen molar-refractivity contribution in [2.75, 3.05) is 6.61 Å². The SMILES string of the molecule is CCCCCCCCCC(CO)n1c(=O)c2c(ncn2C)n(C)c1=O. The van der Waals surface area contributed by atoms with E-state index >= 15 is 0 Å². The van der Waals surface area contributed by atoms with Gasteiger partial charge in [-0.25, -0.2) is 9.78 Å². The summed E-state index contributed by atoms with van der Waals surface area (Å²) in [5.41, 5.74) is -0.0280. The molecule has 2 heterocycles. The lowest BCUT2D eigenvalue weighted by Crippen LogP contribution is -2.43. The smallest absolute Gasteiger partial charge is 0.332 e. The molecule has 0 fully saturated rings. The Labute approximate surface area is 147 Å². The first-order chi connectivity index (χ1) is 12.0. The minimum absolute atomic E-state index is 0.214. The number of aromatic nitrogens is 4. The molecule has 2 aromatic heterocycles. The van der Waals surface area contributed by atoms with E-state index in [9.17, 15) is 14.7 Å². The Morgan fingerprint density at radius 2 is 1.72 bits per heavy atom. The van der Waals surface area contributed by atoms with Crippen molar-refractivity contribution in [2.45, 2.75) is 64.3 Å². The number of hydrogen-bond acceptors (Lipinski definition) is 4. The third-order valence-electron chi connectivity index (χ3n) is 4.87. The van der Waals surface area contributed by atoms with Crippen molar-refractivity contribution in [3.8, 4) is 0 Å². The number of fused-ring (bicyclic) bond motifs is 1. The fraction of sp³-hybridized carbons (Fsp3) is 0.722. The highest BCUT2D eigenvalue weighted by Gasteiger charge is 2.20. The van der Waals surface area contributed by atoms with Crippen LogP contribution in [-0.2, 0) is 14.1 Å². The van der Waals surface area contributed by atoms with E-state index in [0.29, 0.717) is 17.6 Å². The minimum atomic E-state index is -0.485. The van der Waals surface area contributed by atoms with Crippen molar-refractivity contribution in [1.82, 2.24) is 18.7 Å². The van der Waals surface area contributed by atoms with Crippen LogP contribution in [0.1, 0.15) is 64.3 Å². The zero-order chi connectivity index (χ0) is 18.4. The van der Waals surface area contributed by atoms with Crippen molar-refractivity contribution in [3.63, 3.8) is 0 Å². The van der Waals surface area contributed by atoms with E-state index in [-0.39, 0.29) is 12.2 Å². The lowest BCUT2D eigenvalue weighted by molar-refractivity contribution is 0.210. The van der Waals surface area contributed by atoms with E-state index in [1.165, 1.54) is 41.1 Å². The summed E-state index contributed by atoms with van der Waals surface area (Å²) in [4.78, 5) is 29.5. The van der Waals surface area contributed by atoms with Crippen LogP contribution in [0.15, 0.2) is 15.9 Å². The molecule has 0 amide bonds. The maximum absolute atomic E-state index is 12.8. The van der Waals surface area contributed by atoms with E-state index < -0.39 is 11.7 Å². The molecule has 25 heavy (non-hydrogen) atoms. The molecule has 0 aliphatic heterocycles. The molecule has 0 saturated carbocycles. The maximum atomic E-state index is 12.8. The van der Waals surface area contributed by atoms with Gasteiger partial charge in [0.25, 0.3) is 5.56 Å². The first-order valence-electron chi connectivity index (χ1n) is 9.26. The molecule has 1 N–H and O–H groups in total. The average molecular weight is 350 g/mol. The Hall–Kier alpha value is -1.89. The highest BCUT2D eigenvalue weighted by atomic mass is 16.3. The second kappa shape index (κ2) is 8.99. The van der Waals surface area contributed by atoms with Gasteiger partial charge in [-0.15, -0.1) is 0 Å². The number of aliphatic hydroxyl groups excluding tert-OH is 1. The van der Waals surface area contributed by atoms with E-state index in [0.717, 1.165) is 19.3 Å². The molecule has 0 saturated heterocycles. The Kier molecular flexibility index (Phi) is 6.99. The summed E-state index contributed by atoms with van der Waals surface area (Å²) >= 11 is 0. The molecule has 0 radical (unpaired) electrons. The molecule has 0 bridgehead atoms. The summed E-state index contributed by atoms with van der Waals surface area (Å²) in [7, 11) is 3.34. The van der Waals surface area contributed by atoms with Crippen molar-refractivity contribution >= 4 is 11.2 Å². The van der Waals surface area contributed by atoms with E-state index in [1.54, 1.807) is 18.7 Å². The first kappa shape index (κ1) is 19.4. The lowest BCUT2D eigenvalue weighted by Gasteiger charge is -2.18. The van der Waals surface area contributed by atoms with Crippen LogP contribution < -0.4 is 11.2 Å². The summed E-state index contributed by atoms with van der Waals surface area (Å²) in [6.07, 6.45) is 10.3. The maximum Gasteiger partial charge on any atom is 0.332 e. The summed E-state index contributed by atoms with van der Waals surface area (Å²) < 4.78 is 4.20. The summed E-state index contributed by atoms with van der Waals surface area (Å²) in [5, 5.41) is 9.75. The van der Waals surface area contributed by atoms with Gasteiger partial charge in [0.15, 0.2) is 11.2 Å². The van der Waals surface area contributed by atoms with Crippen LogP contribution in [-0.4, -0.2) is 30.4 Å². The topological polar surface area (TPSA) is 82.1 Å². The van der Waals surface area contributed by atoms with Crippen molar-refractivity contribution in [3.05, 3.63) is 27.2 Å². The van der Waals surface area contributed by atoms with Gasteiger partial charge in [-0.2, -0.15) is 0 Å². The molecular formula is C18H30N4O3. The minimum Gasteiger partial charge on any atom is -0.394 e. The Bertz CT molecular complexity index is 803. The molecule has 2 rings (SSSR count). The predicted octanol–water partition coefficient (Wildman–Crippen LogP) is 2.11. The molecule has 0 aliphatic rings. The quantitative estimate of drug-likeness (QED) is 0.665. The number of hydrogen-bond donors (Lipinski definition) is 1. The summed E-state index contributed by atoms with van der Waals surface area (Å²) in [5.74, 6) is 0. The fourth-order valence-corrected chi connectivity index (χ4v) is 3.32. The number of imidazole rings is 1. The third kappa shape index (κ3) is 4.21. The molecule has 7 nitrogen and oxygen atoms in total. The fourth-order valence-electron chi connectivity index (χ4n) is 3.32. The molecule has 1 atom stereocenters. The van der Waals surface area contributed by atoms with E-state index in [4.69, 9.17) is 0 Å². The second-order valence-corrected chi connectivity index (χ2v) is 6.79. The largest absolute Gasteiger partial charge is 0.394 e. The zero-order valence-electron chi connectivity index (χ0n) is 15.6. The monoisotopic (exact) mass is 350 g/mol. The van der Waals surface area contributed by atoms with Crippen molar-refractivity contribution in [2.24, 2.45) is 14.1 Å². The highest BCUT2D eigenvalue weighted by molar-refractivity contribution is 5.69. The van der Waals surface area contributed by atoms with E-state index in [1.807, 2.05) is 0 Å². The third-order valence-corrected chi connectivity index (χ3v) is 4.87. The van der Waals surface area contributed by atoms with Crippen LogP contribution in [0.25, 0.3) is 11.2 Å². The van der Waals surface area contributed by atoms with Crippen LogP contribution in [0, 0.1) is 0 Å². The van der Waals surface area contributed by atoms with Crippen molar-refractivity contribution in [1.29, 1.82) is 0 Å². The lowest BCUT2D eigenvalue weighted by atomic mass is 10.1. The first-order valence-corrected chi connectivity index (χ1v) is 9.26. The van der Waals surface area contributed by atoms with Gasteiger partial charge in [0.1, 0.15) is 0 Å². The molecule has 7 heteroatoms. The molecule has 2 aromatic rings. The molecule has 0 spiro atoms. The molecular weight excluding hydrogens is 320 g/mol. The molecule has 0 aromatic carbocycles. The number of unbranched alkanes of at least 4 members (excludes halogenated alkanes) is 6. The number of rotatable bonds is 10. The molecule has 0 aliphatic carbocycles. The van der Waals surface area contributed by atoms with Gasteiger partial charge in [0, 0.05) is 14.1 Å². The van der Waals surface area contributed by atoms with Gasteiger partial charge < -0.3 is 9.67 Å². The van der Waals surface area contributed by atoms with Crippen molar-refractivity contribution < 1.29 is 5.11 Å². The van der Waals surface area contributed by atoms with Crippen LogP contribution in [0.2, 0.25) is 0 Å². The van der Waals surface area contributed by atoms with Crippen LogP contribution in [0.3, 0.4) is 0 Å². The second-order valence-electron chi connectivity index (χ2n) is 6.79. The van der Waals surface area contributed by atoms with Crippen LogP contribution >= 0.6 is 0 Å². The van der Waals surface area contributed by atoms with Gasteiger partial charge in [-0.1, -0.05) is 51.9 Å². The van der Waals surface area contributed by atoms with Gasteiger partial charge in [-0.3, -0.25) is 13.9 Å². The molecule has 1 unspecified atom stereocenters. The Morgan fingerprint density at radius 3 is 2.36 bits per heavy atom.